The number of carbonyl (C=O) groups is 1. The van der Waals surface area contributed by atoms with E-state index in [2.05, 4.69) is 6.92 Å². The van der Waals surface area contributed by atoms with Gasteiger partial charge < -0.3 is 0 Å². The summed E-state index contributed by atoms with van der Waals surface area (Å²) in [5, 5.41) is 0. The maximum Gasteiger partial charge on any atom is 0.142 e. The standard InChI is InChI=1S/C10H18OS/c1-2-7-12-8-10(11)6-5-9-3-4-9/h9H,2-8H2,1H3. The number of ketones is 1. The fourth-order valence-electron chi connectivity index (χ4n) is 1.17. The molecule has 0 aromatic rings. The molecule has 0 N–H and O–H groups in total. The lowest BCUT2D eigenvalue weighted by Crippen LogP contribution is -2.02. The fraction of sp³-hybridized carbons (Fsp3) is 0.900. The lowest BCUT2D eigenvalue weighted by Gasteiger charge is -1.98. The Morgan fingerprint density at radius 3 is 2.83 bits per heavy atom. The van der Waals surface area contributed by atoms with Crippen LogP contribution in [0.15, 0.2) is 0 Å². The van der Waals surface area contributed by atoms with E-state index in [0.717, 1.165) is 30.3 Å². The van der Waals surface area contributed by atoms with Crippen LogP contribution in [-0.2, 0) is 4.79 Å². The molecular formula is C10H18OS. The van der Waals surface area contributed by atoms with E-state index in [0.29, 0.717) is 5.78 Å². The lowest BCUT2D eigenvalue weighted by molar-refractivity contribution is -0.116. The van der Waals surface area contributed by atoms with Gasteiger partial charge >= 0.3 is 0 Å². The van der Waals surface area contributed by atoms with Gasteiger partial charge in [0, 0.05) is 6.42 Å². The minimum atomic E-state index is 0.459. The van der Waals surface area contributed by atoms with Crippen molar-refractivity contribution in [1.82, 2.24) is 0 Å². The van der Waals surface area contributed by atoms with E-state index in [4.69, 9.17) is 0 Å². The van der Waals surface area contributed by atoms with Crippen molar-refractivity contribution in [3.05, 3.63) is 0 Å². The van der Waals surface area contributed by atoms with Crippen molar-refractivity contribution in [2.45, 2.75) is 39.0 Å². The third-order valence-electron chi connectivity index (χ3n) is 2.14. The molecule has 70 valence electrons. The Morgan fingerprint density at radius 1 is 1.50 bits per heavy atom. The number of hydrogen-bond acceptors (Lipinski definition) is 2. The Kier molecular flexibility index (Phi) is 4.74. The van der Waals surface area contributed by atoms with Crippen LogP contribution in [0.1, 0.15) is 39.0 Å². The molecule has 12 heavy (non-hydrogen) atoms. The number of rotatable bonds is 7. The summed E-state index contributed by atoms with van der Waals surface area (Å²) in [7, 11) is 0. The highest BCUT2D eigenvalue weighted by Crippen LogP contribution is 2.33. The van der Waals surface area contributed by atoms with Crippen LogP contribution in [0.25, 0.3) is 0 Å². The average Bonchev–Trinajstić information content (AvgIpc) is 2.84. The molecule has 1 rings (SSSR count). The summed E-state index contributed by atoms with van der Waals surface area (Å²) in [6.07, 6.45) is 5.91. The molecule has 0 saturated heterocycles. The molecule has 1 aliphatic rings. The molecule has 0 bridgehead atoms. The molecule has 0 aromatic heterocycles. The highest BCUT2D eigenvalue weighted by molar-refractivity contribution is 7.99. The minimum absolute atomic E-state index is 0.459. The first-order valence-electron chi connectivity index (χ1n) is 4.92. The van der Waals surface area contributed by atoms with Crippen molar-refractivity contribution < 1.29 is 4.79 Å². The molecule has 0 unspecified atom stereocenters. The predicted octanol–water partition coefficient (Wildman–Crippen LogP) is 2.89. The van der Waals surface area contributed by atoms with Gasteiger partial charge in [0.15, 0.2) is 0 Å². The van der Waals surface area contributed by atoms with Crippen LogP contribution in [0.4, 0.5) is 0 Å². The molecule has 0 atom stereocenters. The van der Waals surface area contributed by atoms with Gasteiger partial charge in [0.1, 0.15) is 5.78 Å². The molecule has 0 amide bonds. The molecule has 0 spiro atoms. The van der Waals surface area contributed by atoms with Crippen LogP contribution in [0.3, 0.4) is 0 Å². The summed E-state index contributed by atoms with van der Waals surface area (Å²) in [5.74, 6) is 3.25. The summed E-state index contributed by atoms with van der Waals surface area (Å²) in [6, 6.07) is 0. The zero-order valence-corrected chi connectivity index (χ0v) is 8.66. The van der Waals surface area contributed by atoms with E-state index >= 15 is 0 Å². The lowest BCUT2D eigenvalue weighted by atomic mass is 10.2. The van der Waals surface area contributed by atoms with E-state index in [1.807, 2.05) is 0 Å². The Labute approximate surface area is 79.3 Å². The van der Waals surface area contributed by atoms with E-state index in [1.165, 1.54) is 19.3 Å². The van der Waals surface area contributed by atoms with Crippen LogP contribution in [0.2, 0.25) is 0 Å². The normalized spacial score (nSPS) is 16.4. The van der Waals surface area contributed by atoms with E-state index in [-0.39, 0.29) is 0 Å². The van der Waals surface area contributed by atoms with Gasteiger partial charge in [0.25, 0.3) is 0 Å². The monoisotopic (exact) mass is 186 g/mol. The smallest absolute Gasteiger partial charge is 0.142 e. The van der Waals surface area contributed by atoms with Gasteiger partial charge in [0.2, 0.25) is 0 Å². The SMILES string of the molecule is CCCSCC(=O)CCC1CC1. The van der Waals surface area contributed by atoms with E-state index in [9.17, 15) is 4.79 Å². The Bertz CT molecular complexity index is 141. The van der Waals surface area contributed by atoms with Crippen molar-refractivity contribution in [2.75, 3.05) is 11.5 Å². The second kappa shape index (κ2) is 5.63. The fourth-order valence-corrected chi connectivity index (χ4v) is 1.98. The molecule has 1 fully saturated rings. The van der Waals surface area contributed by atoms with Gasteiger partial charge in [-0.1, -0.05) is 19.8 Å². The highest BCUT2D eigenvalue weighted by Gasteiger charge is 2.21. The molecule has 2 heteroatoms. The molecule has 0 aromatic carbocycles. The van der Waals surface area contributed by atoms with Crippen LogP contribution in [0.5, 0.6) is 0 Å². The van der Waals surface area contributed by atoms with Gasteiger partial charge in [-0.3, -0.25) is 4.79 Å². The maximum atomic E-state index is 11.2. The third-order valence-corrected chi connectivity index (χ3v) is 3.36. The van der Waals surface area contributed by atoms with Crippen molar-refractivity contribution in [2.24, 2.45) is 5.92 Å². The second-order valence-corrected chi connectivity index (χ2v) is 4.68. The van der Waals surface area contributed by atoms with Crippen molar-refractivity contribution >= 4 is 17.5 Å². The van der Waals surface area contributed by atoms with Gasteiger partial charge in [-0.05, 0) is 24.5 Å². The van der Waals surface area contributed by atoms with Gasteiger partial charge in [-0.2, -0.15) is 11.8 Å². The van der Waals surface area contributed by atoms with Crippen LogP contribution in [0, 0.1) is 5.92 Å². The predicted molar refractivity (Wildman–Crippen MR) is 54.6 cm³/mol. The van der Waals surface area contributed by atoms with Crippen LogP contribution < -0.4 is 0 Å². The Balaban J connectivity index is 1.88. The zero-order valence-electron chi connectivity index (χ0n) is 7.84. The highest BCUT2D eigenvalue weighted by atomic mass is 32.2. The molecule has 1 aliphatic carbocycles. The zero-order chi connectivity index (χ0) is 8.81. The average molecular weight is 186 g/mol. The summed E-state index contributed by atoms with van der Waals surface area (Å²) in [5.41, 5.74) is 0. The number of carbonyl (C=O) groups excluding carboxylic acids is 1. The molecule has 0 heterocycles. The van der Waals surface area contributed by atoms with Crippen molar-refractivity contribution in [1.29, 1.82) is 0 Å². The first-order chi connectivity index (χ1) is 5.83. The van der Waals surface area contributed by atoms with Crippen LogP contribution in [-0.4, -0.2) is 17.3 Å². The molecule has 1 saturated carbocycles. The van der Waals surface area contributed by atoms with E-state index < -0.39 is 0 Å². The number of Topliss-reactive ketones (excluding diaryl/α,β-unsaturated/α-hetero) is 1. The van der Waals surface area contributed by atoms with Gasteiger partial charge in [0.05, 0.1) is 5.75 Å². The molecule has 0 radical (unpaired) electrons. The second-order valence-electron chi connectivity index (χ2n) is 3.57. The molecule has 0 aliphatic heterocycles. The summed E-state index contributed by atoms with van der Waals surface area (Å²) >= 11 is 1.78. The number of thioether (sulfide) groups is 1. The van der Waals surface area contributed by atoms with Crippen molar-refractivity contribution in [3.63, 3.8) is 0 Å². The van der Waals surface area contributed by atoms with E-state index in [1.54, 1.807) is 11.8 Å². The maximum absolute atomic E-state index is 11.2. The first-order valence-corrected chi connectivity index (χ1v) is 6.08. The first kappa shape index (κ1) is 10.1. The Morgan fingerprint density at radius 2 is 2.25 bits per heavy atom. The largest absolute Gasteiger partial charge is 0.299 e. The summed E-state index contributed by atoms with van der Waals surface area (Å²) < 4.78 is 0. The summed E-state index contributed by atoms with van der Waals surface area (Å²) in [6.45, 7) is 2.15. The Hall–Kier alpha value is 0.0200. The molecular weight excluding hydrogens is 168 g/mol. The van der Waals surface area contributed by atoms with Gasteiger partial charge in [-0.25, -0.2) is 0 Å². The minimum Gasteiger partial charge on any atom is -0.299 e. The summed E-state index contributed by atoms with van der Waals surface area (Å²) in [4.78, 5) is 11.2. The third kappa shape index (κ3) is 4.81. The number of hydrogen-bond donors (Lipinski definition) is 0. The van der Waals surface area contributed by atoms with Crippen LogP contribution >= 0.6 is 11.8 Å². The topological polar surface area (TPSA) is 17.1 Å². The molecule has 1 nitrogen and oxygen atoms in total. The quantitative estimate of drug-likeness (QED) is 0.569. The van der Waals surface area contributed by atoms with Crippen molar-refractivity contribution in [3.8, 4) is 0 Å². The van der Waals surface area contributed by atoms with Gasteiger partial charge in [-0.15, -0.1) is 0 Å².